The quantitative estimate of drug-likeness (QED) is 0.543. The molecule has 2 aliphatic rings. The van der Waals surface area contributed by atoms with Crippen molar-refractivity contribution in [3.8, 4) is 0 Å². The van der Waals surface area contributed by atoms with Crippen molar-refractivity contribution in [3.63, 3.8) is 0 Å². The Kier molecular flexibility index (Phi) is 6.71. The summed E-state index contributed by atoms with van der Waals surface area (Å²) in [7, 11) is 0. The van der Waals surface area contributed by atoms with Crippen molar-refractivity contribution in [2.45, 2.75) is 69.9 Å². The SMILES string of the molecule is CCOC(=O)CC1(NC(=O)CN(C(=O)CCCc2ccnc(N)c2)C2CC2)CC1. The highest BCUT2D eigenvalue weighted by atomic mass is 16.5. The summed E-state index contributed by atoms with van der Waals surface area (Å²) < 4.78 is 4.99. The third-order valence-electron chi connectivity index (χ3n) is 5.37. The van der Waals surface area contributed by atoms with Gasteiger partial charge in [0.1, 0.15) is 5.82 Å². The maximum Gasteiger partial charge on any atom is 0.308 e. The molecule has 8 heteroatoms. The number of anilines is 1. The van der Waals surface area contributed by atoms with E-state index in [9.17, 15) is 14.4 Å². The van der Waals surface area contributed by atoms with Gasteiger partial charge in [-0.05, 0) is 63.1 Å². The Morgan fingerprint density at radius 1 is 1.34 bits per heavy atom. The van der Waals surface area contributed by atoms with Gasteiger partial charge >= 0.3 is 5.97 Å². The van der Waals surface area contributed by atoms with Gasteiger partial charge in [-0.3, -0.25) is 14.4 Å². The van der Waals surface area contributed by atoms with E-state index in [0.717, 1.165) is 37.7 Å². The molecule has 29 heavy (non-hydrogen) atoms. The van der Waals surface area contributed by atoms with E-state index in [1.165, 1.54) is 0 Å². The molecule has 0 aliphatic heterocycles. The number of nitrogens with one attached hydrogen (secondary N) is 1. The summed E-state index contributed by atoms with van der Waals surface area (Å²) in [5.74, 6) is -0.0204. The Morgan fingerprint density at radius 2 is 2.10 bits per heavy atom. The van der Waals surface area contributed by atoms with E-state index < -0.39 is 5.54 Å². The van der Waals surface area contributed by atoms with Crippen LogP contribution in [0.15, 0.2) is 18.3 Å². The van der Waals surface area contributed by atoms with Gasteiger partial charge in [0, 0.05) is 18.7 Å². The highest BCUT2D eigenvalue weighted by Gasteiger charge is 2.46. The third-order valence-corrected chi connectivity index (χ3v) is 5.37. The van der Waals surface area contributed by atoms with Crippen LogP contribution in [0.1, 0.15) is 57.4 Å². The molecule has 1 aromatic heterocycles. The molecule has 1 heterocycles. The molecular formula is C21H30N4O4. The van der Waals surface area contributed by atoms with Crippen molar-refractivity contribution in [2.75, 3.05) is 18.9 Å². The van der Waals surface area contributed by atoms with Crippen molar-refractivity contribution >= 4 is 23.6 Å². The summed E-state index contributed by atoms with van der Waals surface area (Å²) in [6.45, 7) is 2.15. The average molecular weight is 402 g/mol. The number of hydrogen-bond acceptors (Lipinski definition) is 6. The van der Waals surface area contributed by atoms with Crippen LogP contribution in [0, 0.1) is 0 Å². The van der Waals surface area contributed by atoms with Crippen LogP contribution in [0.25, 0.3) is 0 Å². The number of hydrogen-bond donors (Lipinski definition) is 2. The Morgan fingerprint density at radius 3 is 2.72 bits per heavy atom. The topological polar surface area (TPSA) is 115 Å². The lowest BCUT2D eigenvalue weighted by Crippen LogP contribution is -2.46. The largest absolute Gasteiger partial charge is 0.466 e. The maximum absolute atomic E-state index is 12.7. The van der Waals surface area contributed by atoms with Gasteiger partial charge < -0.3 is 20.7 Å². The van der Waals surface area contributed by atoms with Crippen molar-refractivity contribution < 1.29 is 19.1 Å². The number of rotatable bonds is 11. The number of nitrogens with zero attached hydrogens (tertiary/aromatic N) is 2. The molecule has 2 saturated carbocycles. The number of pyridine rings is 1. The van der Waals surface area contributed by atoms with Crippen LogP contribution in [0.2, 0.25) is 0 Å². The fraction of sp³-hybridized carbons (Fsp3) is 0.619. The van der Waals surface area contributed by atoms with E-state index in [-0.39, 0.29) is 36.8 Å². The third kappa shape index (κ3) is 6.44. The van der Waals surface area contributed by atoms with Gasteiger partial charge in [-0.25, -0.2) is 4.98 Å². The maximum atomic E-state index is 12.7. The first kappa shape index (κ1) is 21.1. The summed E-state index contributed by atoms with van der Waals surface area (Å²) in [5, 5.41) is 2.96. The number of carbonyl (C=O) groups is 3. The number of aryl methyl sites for hydroxylation is 1. The van der Waals surface area contributed by atoms with E-state index in [1.54, 1.807) is 18.0 Å². The lowest BCUT2D eigenvalue weighted by molar-refractivity contribution is -0.144. The molecule has 0 aromatic carbocycles. The molecule has 0 atom stereocenters. The molecule has 0 radical (unpaired) electrons. The van der Waals surface area contributed by atoms with Crippen LogP contribution in [0.5, 0.6) is 0 Å². The average Bonchev–Trinajstić information content (AvgIpc) is 3.57. The number of nitrogens with two attached hydrogens (primary N) is 1. The molecule has 158 valence electrons. The second-order valence-corrected chi connectivity index (χ2v) is 8.01. The van der Waals surface area contributed by atoms with Crippen molar-refractivity contribution in [2.24, 2.45) is 0 Å². The van der Waals surface area contributed by atoms with Crippen LogP contribution in [0.4, 0.5) is 5.82 Å². The number of amides is 2. The summed E-state index contributed by atoms with van der Waals surface area (Å²) in [6, 6.07) is 3.87. The van der Waals surface area contributed by atoms with E-state index >= 15 is 0 Å². The van der Waals surface area contributed by atoms with E-state index in [0.29, 0.717) is 25.3 Å². The molecule has 3 rings (SSSR count). The van der Waals surface area contributed by atoms with Crippen LogP contribution in [-0.2, 0) is 25.5 Å². The Bertz CT molecular complexity index is 759. The van der Waals surface area contributed by atoms with Crippen molar-refractivity contribution in [1.82, 2.24) is 15.2 Å². The molecule has 0 spiro atoms. The smallest absolute Gasteiger partial charge is 0.308 e. The Hall–Kier alpha value is -2.64. The highest BCUT2D eigenvalue weighted by Crippen LogP contribution is 2.39. The van der Waals surface area contributed by atoms with Gasteiger partial charge in [-0.2, -0.15) is 0 Å². The first-order chi connectivity index (χ1) is 13.9. The number of aromatic nitrogens is 1. The lowest BCUT2D eigenvalue weighted by atomic mass is 10.1. The van der Waals surface area contributed by atoms with E-state index in [4.69, 9.17) is 10.5 Å². The second kappa shape index (κ2) is 9.24. The fourth-order valence-corrected chi connectivity index (χ4v) is 3.52. The minimum atomic E-state index is -0.483. The molecule has 0 saturated heterocycles. The molecule has 1 aromatic rings. The predicted octanol–water partition coefficient (Wildman–Crippen LogP) is 1.58. The highest BCUT2D eigenvalue weighted by molar-refractivity contribution is 5.86. The molecule has 2 aliphatic carbocycles. The van der Waals surface area contributed by atoms with E-state index in [2.05, 4.69) is 10.3 Å². The Labute approximate surface area is 171 Å². The minimum Gasteiger partial charge on any atom is -0.466 e. The molecule has 2 amide bonds. The molecular weight excluding hydrogens is 372 g/mol. The number of ether oxygens (including phenoxy) is 1. The number of nitrogen functional groups attached to an aromatic ring is 1. The van der Waals surface area contributed by atoms with Gasteiger partial charge in [0.05, 0.1) is 25.1 Å². The first-order valence-corrected chi connectivity index (χ1v) is 10.4. The van der Waals surface area contributed by atoms with Crippen LogP contribution in [-0.4, -0.2) is 52.4 Å². The molecule has 3 N–H and O–H groups in total. The zero-order valence-corrected chi connectivity index (χ0v) is 17.0. The molecule has 2 fully saturated rings. The van der Waals surface area contributed by atoms with E-state index in [1.807, 2.05) is 12.1 Å². The summed E-state index contributed by atoms with van der Waals surface area (Å²) in [4.78, 5) is 42.6. The molecule has 0 unspecified atom stereocenters. The van der Waals surface area contributed by atoms with Gasteiger partial charge in [0.2, 0.25) is 11.8 Å². The molecule has 0 bridgehead atoms. The monoisotopic (exact) mass is 402 g/mol. The Balaban J connectivity index is 1.46. The van der Waals surface area contributed by atoms with Gasteiger partial charge in [0.25, 0.3) is 0 Å². The zero-order valence-electron chi connectivity index (χ0n) is 17.0. The van der Waals surface area contributed by atoms with Gasteiger partial charge in [-0.15, -0.1) is 0 Å². The van der Waals surface area contributed by atoms with Gasteiger partial charge in [-0.1, -0.05) is 0 Å². The van der Waals surface area contributed by atoms with Crippen molar-refractivity contribution in [1.29, 1.82) is 0 Å². The summed E-state index contributed by atoms with van der Waals surface area (Å²) in [6.07, 6.45) is 7.10. The summed E-state index contributed by atoms with van der Waals surface area (Å²) in [5.41, 5.74) is 6.25. The lowest BCUT2D eigenvalue weighted by Gasteiger charge is -2.24. The second-order valence-electron chi connectivity index (χ2n) is 8.01. The predicted molar refractivity (Wildman–Crippen MR) is 108 cm³/mol. The standard InChI is InChI=1S/C21H30N4O4/c1-2-29-20(28)13-21(9-10-21)24-18(26)14-25(16-6-7-16)19(27)5-3-4-15-8-11-23-17(22)12-15/h8,11-12,16H,2-7,9-10,13-14H2,1H3,(H2,22,23)(H,24,26). The van der Waals surface area contributed by atoms with Crippen LogP contribution in [0.3, 0.4) is 0 Å². The van der Waals surface area contributed by atoms with Crippen LogP contribution >= 0.6 is 0 Å². The van der Waals surface area contributed by atoms with Crippen LogP contribution < -0.4 is 11.1 Å². The fourth-order valence-electron chi connectivity index (χ4n) is 3.52. The normalized spacial score (nSPS) is 16.7. The van der Waals surface area contributed by atoms with Crippen molar-refractivity contribution in [3.05, 3.63) is 23.9 Å². The number of carbonyl (C=O) groups excluding carboxylic acids is 3. The number of esters is 1. The summed E-state index contributed by atoms with van der Waals surface area (Å²) >= 11 is 0. The molecule has 8 nitrogen and oxygen atoms in total. The minimum absolute atomic E-state index is 0.0000762. The first-order valence-electron chi connectivity index (χ1n) is 10.4. The zero-order chi connectivity index (χ0) is 20.9. The van der Waals surface area contributed by atoms with Gasteiger partial charge in [0.15, 0.2) is 0 Å².